The fraction of sp³-hybridized carbons (Fsp3) is 0.875. The minimum absolute atomic E-state index is 0.115. The number of rotatable bonds is 4. The minimum atomic E-state index is -0.115. The average Bonchev–Trinajstić information content (AvgIpc) is 2.42. The summed E-state index contributed by atoms with van der Waals surface area (Å²) >= 11 is 0. The van der Waals surface area contributed by atoms with Crippen LogP contribution in [0.3, 0.4) is 0 Å². The van der Waals surface area contributed by atoms with Crippen molar-refractivity contribution in [3.8, 4) is 0 Å². The molecule has 17 heavy (non-hydrogen) atoms. The van der Waals surface area contributed by atoms with E-state index in [4.69, 9.17) is 0 Å². The molecule has 98 valence electrons. The Kier molecular flexibility index (Phi) is 5.09. The maximum Gasteiger partial charge on any atom is 0.0633 e. The van der Waals surface area contributed by atoms with Gasteiger partial charge in [0.25, 0.3) is 0 Å². The van der Waals surface area contributed by atoms with E-state index in [1.807, 2.05) is 0 Å². The maximum absolute atomic E-state index is 10.6. The van der Waals surface area contributed by atoms with Gasteiger partial charge in [0, 0.05) is 5.92 Å². The van der Waals surface area contributed by atoms with E-state index in [-0.39, 0.29) is 6.10 Å². The van der Waals surface area contributed by atoms with Crippen LogP contribution in [0.5, 0.6) is 0 Å². The van der Waals surface area contributed by atoms with Crippen LogP contribution < -0.4 is 0 Å². The normalized spacial score (nSPS) is 27.6. The predicted octanol–water partition coefficient (Wildman–Crippen LogP) is 4.31. The maximum atomic E-state index is 10.6. The Morgan fingerprint density at radius 1 is 0.824 bits per heavy atom. The first kappa shape index (κ1) is 13.1. The lowest BCUT2D eigenvalue weighted by Gasteiger charge is -2.36. The van der Waals surface area contributed by atoms with Crippen molar-refractivity contribution >= 4 is 0 Å². The van der Waals surface area contributed by atoms with Gasteiger partial charge in [0.2, 0.25) is 0 Å². The lowest BCUT2D eigenvalue weighted by Crippen LogP contribution is -2.34. The highest BCUT2D eigenvalue weighted by atomic mass is 16.3. The Balaban J connectivity index is 1.93. The van der Waals surface area contributed by atoms with Crippen LogP contribution >= 0.6 is 0 Å². The topological polar surface area (TPSA) is 20.2 Å². The van der Waals surface area contributed by atoms with Crippen LogP contribution in [-0.2, 0) is 0 Å². The molecule has 0 saturated heterocycles. The molecule has 0 aromatic carbocycles. The van der Waals surface area contributed by atoms with E-state index < -0.39 is 0 Å². The Hall–Kier alpha value is -0.300. The lowest BCUT2D eigenvalue weighted by molar-refractivity contribution is 0.0213. The molecule has 0 spiro atoms. The van der Waals surface area contributed by atoms with Crippen LogP contribution in [0.25, 0.3) is 0 Å². The average molecular weight is 236 g/mol. The highest BCUT2D eigenvalue weighted by molar-refractivity contribution is 4.93. The third-order valence-electron chi connectivity index (χ3n) is 4.99. The molecule has 0 unspecified atom stereocenters. The van der Waals surface area contributed by atoms with Crippen molar-refractivity contribution in [1.29, 1.82) is 0 Å². The monoisotopic (exact) mass is 236 g/mol. The summed E-state index contributed by atoms with van der Waals surface area (Å²) in [6, 6.07) is 0. The fourth-order valence-corrected chi connectivity index (χ4v) is 3.92. The molecule has 0 aromatic rings. The van der Waals surface area contributed by atoms with Crippen LogP contribution in [0.2, 0.25) is 0 Å². The summed E-state index contributed by atoms with van der Waals surface area (Å²) in [5.74, 6) is 1.62. The molecule has 2 aliphatic rings. The molecular weight excluding hydrogens is 208 g/mol. The number of aliphatic hydroxyl groups excluding tert-OH is 1. The second-order valence-electron chi connectivity index (χ2n) is 6.10. The second kappa shape index (κ2) is 6.58. The summed E-state index contributed by atoms with van der Waals surface area (Å²) in [4.78, 5) is 0. The zero-order valence-electron chi connectivity index (χ0n) is 11.1. The molecule has 0 aromatic heterocycles. The van der Waals surface area contributed by atoms with Gasteiger partial charge in [0.15, 0.2) is 0 Å². The van der Waals surface area contributed by atoms with Crippen molar-refractivity contribution in [3.05, 3.63) is 12.7 Å². The highest BCUT2D eigenvalue weighted by Gasteiger charge is 2.32. The minimum Gasteiger partial charge on any atom is -0.392 e. The first-order valence-corrected chi connectivity index (χ1v) is 7.63. The number of hydrogen-bond acceptors (Lipinski definition) is 1. The summed E-state index contributed by atoms with van der Waals surface area (Å²) in [5, 5.41) is 10.6. The molecule has 0 bridgehead atoms. The number of aliphatic hydroxyl groups is 1. The van der Waals surface area contributed by atoms with Gasteiger partial charge in [0.05, 0.1) is 6.10 Å². The van der Waals surface area contributed by atoms with Crippen molar-refractivity contribution in [2.75, 3.05) is 0 Å². The van der Waals surface area contributed by atoms with Gasteiger partial charge < -0.3 is 5.11 Å². The van der Waals surface area contributed by atoms with Gasteiger partial charge in [-0.1, -0.05) is 44.6 Å². The van der Waals surface area contributed by atoms with Crippen LogP contribution in [-0.4, -0.2) is 11.2 Å². The molecule has 2 atom stereocenters. The summed E-state index contributed by atoms with van der Waals surface area (Å²) in [6.07, 6.45) is 15.1. The van der Waals surface area contributed by atoms with E-state index in [1.165, 1.54) is 64.2 Å². The summed E-state index contributed by atoms with van der Waals surface area (Å²) < 4.78 is 0. The van der Waals surface area contributed by atoms with E-state index in [1.54, 1.807) is 0 Å². The quantitative estimate of drug-likeness (QED) is 0.721. The molecule has 1 N–H and O–H groups in total. The van der Waals surface area contributed by atoms with Crippen LogP contribution in [0.4, 0.5) is 0 Å². The summed E-state index contributed by atoms with van der Waals surface area (Å²) in [7, 11) is 0. The molecule has 2 rings (SSSR count). The van der Waals surface area contributed by atoms with E-state index in [2.05, 4.69) is 12.7 Å². The van der Waals surface area contributed by atoms with Gasteiger partial charge in [-0.2, -0.15) is 0 Å². The van der Waals surface area contributed by atoms with Gasteiger partial charge in [-0.3, -0.25) is 0 Å². The zero-order valence-corrected chi connectivity index (χ0v) is 11.1. The van der Waals surface area contributed by atoms with E-state index in [9.17, 15) is 5.11 Å². The molecule has 0 aliphatic heterocycles. The molecule has 1 heteroatoms. The second-order valence-corrected chi connectivity index (χ2v) is 6.10. The molecule has 0 heterocycles. The van der Waals surface area contributed by atoms with Crippen molar-refractivity contribution < 1.29 is 5.11 Å². The van der Waals surface area contributed by atoms with Crippen LogP contribution in [0.15, 0.2) is 12.7 Å². The summed E-state index contributed by atoms with van der Waals surface area (Å²) in [5.41, 5.74) is 0. The molecule has 0 amide bonds. The van der Waals surface area contributed by atoms with Gasteiger partial charge in [-0.25, -0.2) is 0 Å². The first-order valence-electron chi connectivity index (χ1n) is 7.63. The predicted molar refractivity (Wildman–Crippen MR) is 72.8 cm³/mol. The third kappa shape index (κ3) is 3.34. The van der Waals surface area contributed by atoms with E-state index in [0.29, 0.717) is 17.8 Å². The van der Waals surface area contributed by atoms with E-state index in [0.717, 1.165) is 0 Å². The standard InChI is InChI=1S/C16H28O/c1-2-15(13-9-5-3-6-10-13)16(17)14-11-7-4-8-12-14/h2,13-17H,1,3-12H2/t15-,16-/m0/s1. The van der Waals surface area contributed by atoms with Gasteiger partial charge in [-0.15, -0.1) is 6.58 Å². The van der Waals surface area contributed by atoms with Crippen LogP contribution in [0.1, 0.15) is 64.2 Å². The SMILES string of the molecule is C=C[C@@H](C1CCCCC1)[C@@H](O)C1CCCCC1. The van der Waals surface area contributed by atoms with Crippen molar-refractivity contribution in [2.45, 2.75) is 70.3 Å². The third-order valence-corrected chi connectivity index (χ3v) is 4.99. The van der Waals surface area contributed by atoms with Crippen LogP contribution in [0, 0.1) is 17.8 Å². The molecule has 0 radical (unpaired) electrons. The van der Waals surface area contributed by atoms with E-state index >= 15 is 0 Å². The lowest BCUT2D eigenvalue weighted by atomic mass is 9.72. The Labute approximate surface area is 106 Å². The highest BCUT2D eigenvalue weighted by Crippen LogP contribution is 2.37. The van der Waals surface area contributed by atoms with Crippen molar-refractivity contribution in [1.82, 2.24) is 0 Å². The molecule has 2 saturated carbocycles. The summed E-state index contributed by atoms with van der Waals surface area (Å²) in [6.45, 7) is 3.99. The molecule has 2 aliphatic carbocycles. The zero-order chi connectivity index (χ0) is 12.1. The molecule has 2 fully saturated rings. The fourth-order valence-electron chi connectivity index (χ4n) is 3.92. The molecular formula is C16H28O. The van der Waals surface area contributed by atoms with Crippen molar-refractivity contribution in [2.24, 2.45) is 17.8 Å². The Morgan fingerprint density at radius 2 is 1.29 bits per heavy atom. The smallest absolute Gasteiger partial charge is 0.0633 e. The Bertz CT molecular complexity index is 224. The molecule has 1 nitrogen and oxygen atoms in total. The van der Waals surface area contributed by atoms with Gasteiger partial charge in [-0.05, 0) is 37.5 Å². The number of hydrogen-bond donors (Lipinski definition) is 1. The van der Waals surface area contributed by atoms with Gasteiger partial charge >= 0.3 is 0 Å². The largest absolute Gasteiger partial charge is 0.392 e. The van der Waals surface area contributed by atoms with Crippen molar-refractivity contribution in [3.63, 3.8) is 0 Å². The van der Waals surface area contributed by atoms with Gasteiger partial charge in [0.1, 0.15) is 0 Å². The Morgan fingerprint density at radius 3 is 1.76 bits per heavy atom. The first-order chi connectivity index (χ1) is 8.33.